The Balaban J connectivity index is 2.17. The number of carbonyl (C=O) groups excluding carboxylic acids is 1. The number of carbonyl (C=O) groups is 1. The minimum absolute atomic E-state index is 0.117. The van der Waals surface area contributed by atoms with E-state index >= 15 is 0 Å². The number of amides is 1. The lowest BCUT2D eigenvalue weighted by Crippen LogP contribution is -2.58. The summed E-state index contributed by atoms with van der Waals surface area (Å²) in [5.41, 5.74) is -0.0684. The van der Waals surface area contributed by atoms with Crippen molar-refractivity contribution in [3.63, 3.8) is 0 Å². The molecule has 0 saturated carbocycles. The van der Waals surface area contributed by atoms with Crippen molar-refractivity contribution in [2.24, 2.45) is 0 Å². The number of rotatable bonds is 4. The maximum absolute atomic E-state index is 12.4. The third-order valence-electron chi connectivity index (χ3n) is 3.31. The molecule has 1 amide bonds. The van der Waals surface area contributed by atoms with Crippen LogP contribution in [0.15, 0.2) is 24.3 Å². The number of halogens is 3. The SMILES string of the molecule is O=C(NC(N1CCOCC1)C(Cl)(Cl)Cl)c1cccc([N+](=O)[O-])c1. The van der Waals surface area contributed by atoms with Crippen LogP contribution in [-0.2, 0) is 4.74 Å². The summed E-state index contributed by atoms with van der Waals surface area (Å²) in [5.74, 6) is -0.559. The van der Waals surface area contributed by atoms with E-state index in [0.717, 1.165) is 0 Å². The van der Waals surface area contributed by atoms with E-state index in [1.54, 1.807) is 4.90 Å². The number of hydrogen-bond acceptors (Lipinski definition) is 5. The number of nitro benzene ring substituents is 1. The molecule has 0 aromatic heterocycles. The molecule has 0 radical (unpaired) electrons. The van der Waals surface area contributed by atoms with Gasteiger partial charge in [0.2, 0.25) is 3.79 Å². The van der Waals surface area contributed by atoms with Gasteiger partial charge in [0.1, 0.15) is 6.17 Å². The lowest BCUT2D eigenvalue weighted by molar-refractivity contribution is -0.384. The number of hydrogen-bond donors (Lipinski definition) is 1. The summed E-state index contributed by atoms with van der Waals surface area (Å²) in [6.45, 7) is 1.91. The Bertz CT molecular complexity index is 588. The van der Waals surface area contributed by atoms with Crippen LogP contribution in [0.5, 0.6) is 0 Å². The molecular formula is C13H14Cl3N3O4. The molecule has 1 aliphatic rings. The molecule has 23 heavy (non-hydrogen) atoms. The van der Waals surface area contributed by atoms with Gasteiger partial charge in [-0.25, -0.2) is 0 Å². The summed E-state index contributed by atoms with van der Waals surface area (Å²) in [7, 11) is 0. The number of alkyl halides is 3. The van der Waals surface area contributed by atoms with Crippen LogP contribution in [0, 0.1) is 10.1 Å². The van der Waals surface area contributed by atoms with E-state index in [2.05, 4.69) is 5.32 Å². The van der Waals surface area contributed by atoms with Gasteiger partial charge in [0.25, 0.3) is 11.6 Å². The predicted octanol–water partition coefficient (Wildman–Crippen LogP) is 2.35. The second-order valence-corrected chi connectivity index (χ2v) is 7.24. The van der Waals surface area contributed by atoms with E-state index in [0.29, 0.717) is 26.3 Å². The van der Waals surface area contributed by atoms with E-state index in [4.69, 9.17) is 39.5 Å². The number of benzene rings is 1. The Hall–Kier alpha value is -1.12. The zero-order valence-corrected chi connectivity index (χ0v) is 14.1. The summed E-state index contributed by atoms with van der Waals surface area (Å²) < 4.78 is 3.48. The van der Waals surface area contributed by atoms with Crippen LogP contribution in [0.4, 0.5) is 5.69 Å². The molecule has 1 unspecified atom stereocenters. The minimum atomic E-state index is -1.76. The van der Waals surface area contributed by atoms with Crippen LogP contribution in [0.2, 0.25) is 0 Å². The number of nitrogens with one attached hydrogen (secondary N) is 1. The first-order valence-corrected chi connectivity index (χ1v) is 7.86. The molecule has 1 saturated heterocycles. The molecule has 1 aromatic rings. The average molecular weight is 383 g/mol. The predicted molar refractivity (Wildman–Crippen MR) is 87.0 cm³/mol. The van der Waals surface area contributed by atoms with Gasteiger partial charge in [-0.2, -0.15) is 0 Å². The van der Waals surface area contributed by atoms with Gasteiger partial charge in [0, 0.05) is 30.8 Å². The van der Waals surface area contributed by atoms with Gasteiger partial charge >= 0.3 is 0 Å². The van der Waals surface area contributed by atoms with Crippen LogP contribution in [0.1, 0.15) is 10.4 Å². The summed E-state index contributed by atoms with van der Waals surface area (Å²) in [4.78, 5) is 24.3. The van der Waals surface area contributed by atoms with Crippen molar-refractivity contribution in [1.29, 1.82) is 0 Å². The number of non-ortho nitro benzene ring substituents is 1. The van der Waals surface area contributed by atoms with E-state index < -0.39 is 20.8 Å². The fourth-order valence-corrected chi connectivity index (χ4v) is 2.76. The second-order valence-electron chi connectivity index (χ2n) is 4.87. The number of morpholine rings is 1. The molecule has 1 heterocycles. The van der Waals surface area contributed by atoms with Crippen molar-refractivity contribution in [2.75, 3.05) is 26.3 Å². The topological polar surface area (TPSA) is 84.7 Å². The first-order valence-electron chi connectivity index (χ1n) is 6.73. The highest BCUT2D eigenvalue weighted by atomic mass is 35.6. The fourth-order valence-electron chi connectivity index (χ4n) is 2.18. The molecule has 1 fully saturated rings. The monoisotopic (exact) mass is 381 g/mol. The Morgan fingerprint density at radius 2 is 2.00 bits per heavy atom. The maximum Gasteiger partial charge on any atom is 0.270 e. The highest BCUT2D eigenvalue weighted by Crippen LogP contribution is 2.32. The molecule has 1 aliphatic heterocycles. The fraction of sp³-hybridized carbons (Fsp3) is 0.462. The van der Waals surface area contributed by atoms with Gasteiger partial charge in [-0.05, 0) is 6.07 Å². The number of nitrogens with zero attached hydrogens (tertiary/aromatic N) is 2. The first kappa shape index (κ1) is 18.2. The average Bonchev–Trinajstić information content (AvgIpc) is 2.52. The van der Waals surface area contributed by atoms with Gasteiger partial charge in [-0.3, -0.25) is 19.8 Å². The van der Waals surface area contributed by atoms with Crippen LogP contribution in [-0.4, -0.2) is 52.0 Å². The molecule has 10 heteroatoms. The van der Waals surface area contributed by atoms with E-state index in [-0.39, 0.29) is 11.3 Å². The highest BCUT2D eigenvalue weighted by molar-refractivity contribution is 6.68. The molecule has 1 aromatic carbocycles. The molecule has 126 valence electrons. The molecule has 0 spiro atoms. The lowest BCUT2D eigenvalue weighted by Gasteiger charge is -2.38. The minimum Gasteiger partial charge on any atom is -0.379 e. The van der Waals surface area contributed by atoms with Gasteiger partial charge < -0.3 is 10.1 Å². The molecule has 1 atom stereocenters. The van der Waals surface area contributed by atoms with Crippen LogP contribution < -0.4 is 5.32 Å². The third-order valence-corrected chi connectivity index (χ3v) is 3.93. The maximum atomic E-state index is 12.4. The smallest absolute Gasteiger partial charge is 0.270 e. The summed E-state index contributed by atoms with van der Waals surface area (Å²) in [6.07, 6.45) is -0.872. The Morgan fingerprint density at radius 1 is 1.35 bits per heavy atom. The van der Waals surface area contributed by atoms with E-state index in [1.807, 2.05) is 0 Å². The normalized spacial score (nSPS) is 17.5. The lowest BCUT2D eigenvalue weighted by atomic mass is 10.2. The molecule has 1 N–H and O–H groups in total. The van der Waals surface area contributed by atoms with Crippen LogP contribution in [0.25, 0.3) is 0 Å². The van der Waals surface area contributed by atoms with E-state index in [9.17, 15) is 14.9 Å². The van der Waals surface area contributed by atoms with Crippen molar-refractivity contribution in [2.45, 2.75) is 9.96 Å². The zero-order chi connectivity index (χ0) is 17.0. The number of nitro groups is 1. The molecular weight excluding hydrogens is 369 g/mol. The highest BCUT2D eigenvalue weighted by Gasteiger charge is 2.39. The van der Waals surface area contributed by atoms with Crippen LogP contribution >= 0.6 is 34.8 Å². The standard InChI is InChI=1S/C13H14Cl3N3O4/c14-13(15,16)12(18-4-6-23-7-5-18)17-11(20)9-2-1-3-10(8-9)19(21)22/h1-3,8,12H,4-7H2,(H,17,20). The Labute approximate surface area is 147 Å². The largest absolute Gasteiger partial charge is 0.379 e. The van der Waals surface area contributed by atoms with Crippen molar-refractivity contribution >= 4 is 46.4 Å². The van der Waals surface area contributed by atoms with Crippen LogP contribution in [0.3, 0.4) is 0 Å². The zero-order valence-electron chi connectivity index (χ0n) is 11.9. The summed E-state index contributed by atoms with van der Waals surface area (Å²) >= 11 is 17.9. The third kappa shape index (κ3) is 4.92. The summed E-state index contributed by atoms with van der Waals surface area (Å²) in [6, 6.07) is 5.35. The Kier molecular flexibility index (Phi) is 6.05. The van der Waals surface area contributed by atoms with Crippen molar-refractivity contribution in [3.05, 3.63) is 39.9 Å². The van der Waals surface area contributed by atoms with Gasteiger partial charge in [0.05, 0.1) is 18.1 Å². The molecule has 2 rings (SSSR count). The van der Waals surface area contributed by atoms with Gasteiger partial charge in [0.15, 0.2) is 0 Å². The van der Waals surface area contributed by atoms with Crippen molar-refractivity contribution < 1.29 is 14.5 Å². The first-order chi connectivity index (χ1) is 10.8. The second kappa shape index (κ2) is 7.63. The molecule has 0 bridgehead atoms. The van der Waals surface area contributed by atoms with Crippen molar-refractivity contribution in [1.82, 2.24) is 10.2 Å². The molecule has 0 aliphatic carbocycles. The van der Waals surface area contributed by atoms with Crippen molar-refractivity contribution in [3.8, 4) is 0 Å². The van der Waals surface area contributed by atoms with Gasteiger partial charge in [-0.1, -0.05) is 40.9 Å². The van der Waals surface area contributed by atoms with E-state index in [1.165, 1.54) is 24.3 Å². The number of ether oxygens (including phenoxy) is 1. The Morgan fingerprint density at radius 3 is 2.57 bits per heavy atom. The van der Waals surface area contributed by atoms with Gasteiger partial charge in [-0.15, -0.1) is 0 Å². The summed E-state index contributed by atoms with van der Waals surface area (Å²) in [5, 5.41) is 13.4. The quantitative estimate of drug-likeness (QED) is 0.491. The molecule has 7 nitrogen and oxygen atoms in total.